The first-order chi connectivity index (χ1) is 11.2. The molecule has 0 aliphatic carbocycles. The van der Waals surface area contributed by atoms with Crippen LogP contribution in [0.4, 0.5) is 16.3 Å². The number of carbonyl (C=O) groups is 1. The van der Waals surface area contributed by atoms with Gasteiger partial charge in [-0.3, -0.25) is 0 Å². The second-order valence-electron chi connectivity index (χ2n) is 6.76. The van der Waals surface area contributed by atoms with Crippen LogP contribution in [0.5, 0.6) is 0 Å². The van der Waals surface area contributed by atoms with Crippen LogP contribution < -0.4 is 5.32 Å². The fraction of sp³-hybridized carbons (Fsp3) is 0.588. The van der Waals surface area contributed by atoms with Crippen LogP contribution in [0.3, 0.4) is 0 Å². The van der Waals surface area contributed by atoms with Gasteiger partial charge in [-0.25, -0.2) is 14.8 Å². The Morgan fingerprint density at radius 3 is 2.71 bits per heavy atom. The molecular weight excluding hydrogens is 306 g/mol. The van der Waals surface area contributed by atoms with Gasteiger partial charge >= 0.3 is 6.09 Å². The SMILES string of the molecule is CN(C)C=Nc1ncccc1NCCCN(C)C(=O)OC(C)(C)C. The molecule has 0 radical (unpaired) electrons. The molecule has 0 atom stereocenters. The Morgan fingerprint density at radius 1 is 1.38 bits per heavy atom. The van der Waals surface area contributed by atoms with Crippen LogP contribution in [0, 0.1) is 0 Å². The van der Waals surface area contributed by atoms with E-state index < -0.39 is 5.60 Å². The molecule has 0 spiro atoms. The van der Waals surface area contributed by atoms with E-state index in [0.717, 1.165) is 12.1 Å². The topological polar surface area (TPSA) is 70.1 Å². The summed E-state index contributed by atoms with van der Waals surface area (Å²) in [6.07, 6.45) is 3.91. The number of amides is 1. The Bertz CT molecular complexity index is 552. The van der Waals surface area contributed by atoms with Crippen molar-refractivity contribution in [3.63, 3.8) is 0 Å². The molecule has 24 heavy (non-hydrogen) atoms. The van der Waals surface area contributed by atoms with Crippen molar-refractivity contribution in [1.82, 2.24) is 14.8 Å². The first-order valence-electron chi connectivity index (χ1n) is 8.02. The van der Waals surface area contributed by atoms with Crippen molar-refractivity contribution in [1.29, 1.82) is 0 Å². The van der Waals surface area contributed by atoms with E-state index in [2.05, 4.69) is 15.3 Å². The second kappa shape index (κ2) is 9.10. The molecule has 0 aliphatic heterocycles. The highest BCUT2D eigenvalue weighted by Crippen LogP contribution is 2.20. The lowest BCUT2D eigenvalue weighted by Crippen LogP contribution is -2.35. The third-order valence-electron chi connectivity index (χ3n) is 2.89. The summed E-state index contributed by atoms with van der Waals surface area (Å²) in [6, 6.07) is 3.80. The summed E-state index contributed by atoms with van der Waals surface area (Å²) in [5.41, 5.74) is 0.397. The number of nitrogens with zero attached hydrogens (tertiary/aromatic N) is 4. The van der Waals surface area contributed by atoms with Gasteiger partial charge < -0.3 is 19.9 Å². The molecule has 0 saturated heterocycles. The first-order valence-corrected chi connectivity index (χ1v) is 8.02. The molecular formula is C17H29N5O2. The van der Waals surface area contributed by atoms with E-state index in [4.69, 9.17) is 4.74 Å². The van der Waals surface area contributed by atoms with Crippen LogP contribution in [0.25, 0.3) is 0 Å². The number of anilines is 1. The molecule has 134 valence electrons. The number of hydrogen-bond acceptors (Lipinski definition) is 5. The van der Waals surface area contributed by atoms with E-state index in [1.807, 2.05) is 51.9 Å². The summed E-state index contributed by atoms with van der Waals surface area (Å²) < 4.78 is 5.32. The van der Waals surface area contributed by atoms with Crippen molar-refractivity contribution in [3.8, 4) is 0 Å². The van der Waals surface area contributed by atoms with Gasteiger partial charge in [-0.1, -0.05) is 0 Å². The lowest BCUT2D eigenvalue weighted by Gasteiger charge is -2.24. The van der Waals surface area contributed by atoms with Gasteiger partial charge in [0.25, 0.3) is 0 Å². The molecule has 0 aromatic carbocycles. The Labute approximate surface area is 144 Å². The molecule has 1 aromatic heterocycles. The van der Waals surface area contributed by atoms with Crippen molar-refractivity contribution in [2.45, 2.75) is 32.8 Å². The lowest BCUT2D eigenvalue weighted by atomic mass is 10.2. The van der Waals surface area contributed by atoms with Gasteiger partial charge in [-0.2, -0.15) is 0 Å². The molecule has 0 fully saturated rings. The number of pyridine rings is 1. The predicted molar refractivity (Wildman–Crippen MR) is 98.0 cm³/mol. The molecule has 1 heterocycles. The van der Waals surface area contributed by atoms with Crippen molar-refractivity contribution in [2.75, 3.05) is 39.5 Å². The van der Waals surface area contributed by atoms with E-state index in [9.17, 15) is 4.79 Å². The average Bonchev–Trinajstić information content (AvgIpc) is 2.48. The second-order valence-corrected chi connectivity index (χ2v) is 6.76. The first kappa shape index (κ1) is 19.7. The van der Waals surface area contributed by atoms with Crippen LogP contribution in [0.1, 0.15) is 27.2 Å². The summed E-state index contributed by atoms with van der Waals surface area (Å²) in [7, 11) is 5.56. The van der Waals surface area contributed by atoms with Crippen molar-refractivity contribution in [2.24, 2.45) is 4.99 Å². The largest absolute Gasteiger partial charge is 0.444 e. The zero-order chi connectivity index (χ0) is 18.2. The van der Waals surface area contributed by atoms with Gasteiger partial charge in [0, 0.05) is 40.4 Å². The number of ether oxygens (including phenoxy) is 1. The zero-order valence-corrected chi connectivity index (χ0v) is 15.5. The molecule has 0 saturated carbocycles. The number of rotatable bonds is 7. The zero-order valence-electron chi connectivity index (χ0n) is 15.5. The Balaban J connectivity index is 2.44. The summed E-state index contributed by atoms with van der Waals surface area (Å²) in [5, 5.41) is 3.31. The van der Waals surface area contributed by atoms with E-state index in [1.165, 1.54) is 0 Å². The molecule has 7 heteroatoms. The summed E-state index contributed by atoms with van der Waals surface area (Å²) in [5.74, 6) is 0.645. The van der Waals surface area contributed by atoms with Gasteiger partial charge in [0.1, 0.15) is 5.60 Å². The molecule has 0 aliphatic rings. The summed E-state index contributed by atoms with van der Waals surface area (Å²) >= 11 is 0. The standard InChI is InChI=1S/C17H29N5O2/c1-17(2,3)24-16(23)22(6)12-8-11-18-14-9-7-10-19-15(14)20-13-21(4)5/h7,9-10,13,18H,8,11-12H2,1-6H3. The molecule has 7 nitrogen and oxygen atoms in total. The number of aliphatic imine (C=N–C) groups is 1. The molecule has 1 rings (SSSR count). The molecule has 0 unspecified atom stereocenters. The third-order valence-corrected chi connectivity index (χ3v) is 2.89. The smallest absolute Gasteiger partial charge is 0.410 e. The number of carbonyl (C=O) groups excluding carboxylic acids is 1. The molecule has 0 bridgehead atoms. The summed E-state index contributed by atoms with van der Waals surface area (Å²) in [6.45, 7) is 6.90. The van der Waals surface area contributed by atoms with Crippen LogP contribution in [0.15, 0.2) is 23.3 Å². The fourth-order valence-corrected chi connectivity index (χ4v) is 1.78. The maximum Gasteiger partial charge on any atom is 0.410 e. The van der Waals surface area contributed by atoms with E-state index in [-0.39, 0.29) is 6.09 Å². The molecule has 1 aromatic rings. The van der Waals surface area contributed by atoms with Crippen LogP contribution >= 0.6 is 0 Å². The van der Waals surface area contributed by atoms with Gasteiger partial charge in [-0.15, -0.1) is 0 Å². The van der Waals surface area contributed by atoms with Crippen LogP contribution in [-0.4, -0.2) is 67.0 Å². The minimum atomic E-state index is -0.474. The number of nitrogens with one attached hydrogen (secondary N) is 1. The van der Waals surface area contributed by atoms with Crippen molar-refractivity contribution < 1.29 is 9.53 Å². The molecule has 1 amide bonds. The lowest BCUT2D eigenvalue weighted by molar-refractivity contribution is 0.0298. The monoisotopic (exact) mass is 335 g/mol. The number of hydrogen-bond donors (Lipinski definition) is 1. The van der Waals surface area contributed by atoms with Crippen LogP contribution in [-0.2, 0) is 4.74 Å². The maximum atomic E-state index is 11.9. The van der Waals surface area contributed by atoms with Crippen LogP contribution in [0.2, 0.25) is 0 Å². The Kier molecular flexibility index (Phi) is 7.48. The Hall–Kier alpha value is -2.31. The van der Waals surface area contributed by atoms with Crippen molar-refractivity contribution >= 4 is 23.9 Å². The van der Waals surface area contributed by atoms with Gasteiger partial charge in [0.05, 0.1) is 12.0 Å². The van der Waals surface area contributed by atoms with Gasteiger partial charge in [0.15, 0.2) is 5.82 Å². The number of aromatic nitrogens is 1. The maximum absolute atomic E-state index is 11.9. The van der Waals surface area contributed by atoms with E-state index in [0.29, 0.717) is 18.9 Å². The van der Waals surface area contributed by atoms with E-state index >= 15 is 0 Å². The van der Waals surface area contributed by atoms with Gasteiger partial charge in [0.2, 0.25) is 0 Å². The average molecular weight is 335 g/mol. The highest BCUT2D eigenvalue weighted by molar-refractivity contribution is 5.68. The predicted octanol–water partition coefficient (Wildman–Crippen LogP) is 2.97. The highest BCUT2D eigenvalue weighted by Gasteiger charge is 2.19. The third kappa shape index (κ3) is 7.80. The minimum Gasteiger partial charge on any atom is -0.444 e. The van der Waals surface area contributed by atoms with Crippen molar-refractivity contribution in [3.05, 3.63) is 18.3 Å². The van der Waals surface area contributed by atoms with E-state index in [1.54, 1.807) is 24.5 Å². The summed E-state index contributed by atoms with van der Waals surface area (Å²) in [4.78, 5) is 23.9. The van der Waals surface area contributed by atoms with Gasteiger partial charge in [-0.05, 0) is 39.3 Å². The minimum absolute atomic E-state index is 0.305. The normalized spacial score (nSPS) is 11.4. The highest BCUT2D eigenvalue weighted by atomic mass is 16.6. The molecule has 1 N–H and O–H groups in total. The quantitative estimate of drug-likeness (QED) is 0.471. The fourth-order valence-electron chi connectivity index (χ4n) is 1.78. The Morgan fingerprint density at radius 2 is 2.08 bits per heavy atom.